The highest BCUT2D eigenvalue weighted by atomic mass is 32.1. The van der Waals surface area contributed by atoms with Crippen molar-refractivity contribution >= 4 is 21.4 Å². The van der Waals surface area contributed by atoms with Gasteiger partial charge < -0.3 is 5.32 Å². The molecule has 0 saturated carbocycles. The Hall–Kier alpha value is -0.860. The van der Waals surface area contributed by atoms with Gasteiger partial charge in [0.15, 0.2) is 0 Å². The average molecular weight is 205 g/mol. The van der Waals surface area contributed by atoms with Crippen LogP contribution in [0.25, 0.3) is 10.1 Å². The van der Waals surface area contributed by atoms with Crippen LogP contribution in [0.3, 0.4) is 0 Å². The molecular formula is C12H15NS. The lowest BCUT2D eigenvalue weighted by Gasteiger charge is -1.95. The molecule has 0 atom stereocenters. The number of rotatable bonds is 4. The molecular weight excluding hydrogens is 190 g/mol. The summed E-state index contributed by atoms with van der Waals surface area (Å²) in [5.74, 6) is 0. The Morgan fingerprint density at radius 2 is 2.14 bits per heavy atom. The molecule has 2 rings (SSSR count). The van der Waals surface area contributed by atoms with Crippen LogP contribution in [-0.2, 0) is 6.42 Å². The van der Waals surface area contributed by atoms with Crippen molar-refractivity contribution in [3.63, 3.8) is 0 Å². The normalized spacial score (nSPS) is 10.9. The first-order valence-corrected chi connectivity index (χ1v) is 5.84. The predicted octanol–water partition coefficient (Wildman–Crippen LogP) is 3.05. The molecule has 14 heavy (non-hydrogen) atoms. The molecule has 1 aromatic carbocycles. The lowest BCUT2D eigenvalue weighted by Crippen LogP contribution is -2.07. The van der Waals surface area contributed by atoms with Gasteiger partial charge >= 0.3 is 0 Å². The Balaban J connectivity index is 2.11. The van der Waals surface area contributed by atoms with Crippen molar-refractivity contribution in [3.8, 4) is 0 Å². The number of aryl methyl sites for hydroxylation is 1. The minimum Gasteiger partial charge on any atom is -0.320 e. The summed E-state index contributed by atoms with van der Waals surface area (Å²) in [5.41, 5.74) is 0. The molecule has 0 aliphatic heterocycles. The molecule has 1 aromatic heterocycles. The van der Waals surface area contributed by atoms with Crippen LogP contribution in [-0.4, -0.2) is 13.6 Å². The third-order valence-electron chi connectivity index (χ3n) is 2.33. The Morgan fingerprint density at radius 3 is 2.93 bits per heavy atom. The maximum atomic E-state index is 3.18. The average Bonchev–Trinajstić information content (AvgIpc) is 2.60. The molecule has 0 amide bonds. The van der Waals surface area contributed by atoms with E-state index in [9.17, 15) is 0 Å². The fourth-order valence-electron chi connectivity index (χ4n) is 1.60. The number of thiophene rings is 1. The standard InChI is InChI=1S/C12H15NS/c1-13-8-4-6-11-9-10-5-2-3-7-12(10)14-11/h2-3,5,7,9,13H,4,6,8H2,1H3. The van der Waals surface area contributed by atoms with E-state index in [1.165, 1.54) is 27.8 Å². The molecule has 0 spiro atoms. The van der Waals surface area contributed by atoms with Gasteiger partial charge in [-0.2, -0.15) is 0 Å². The van der Waals surface area contributed by atoms with E-state index in [0.717, 1.165) is 6.54 Å². The zero-order chi connectivity index (χ0) is 9.80. The topological polar surface area (TPSA) is 12.0 Å². The van der Waals surface area contributed by atoms with Gasteiger partial charge in [-0.1, -0.05) is 18.2 Å². The molecule has 74 valence electrons. The minimum atomic E-state index is 1.11. The van der Waals surface area contributed by atoms with Gasteiger partial charge in [0.25, 0.3) is 0 Å². The second-order valence-corrected chi connectivity index (χ2v) is 4.63. The van der Waals surface area contributed by atoms with Gasteiger partial charge in [0.1, 0.15) is 0 Å². The van der Waals surface area contributed by atoms with E-state index in [-0.39, 0.29) is 0 Å². The summed E-state index contributed by atoms with van der Waals surface area (Å²) in [6.45, 7) is 1.11. The fraction of sp³-hybridized carbons (Fsp3) is 0.333. The van der Waals surface area contributed by atoms with Crippen molar-refractivity contribution in [2.45, 2.75) is 12.8 Å². The minimum absolute atomic E-state index is 1.11. The smallest absolute Gasteiger partial charge is 0.0345 e. The maximum absolute atomic E-state index is 3.18. The second-order valence-electron chi connectivity index (χ2n) is 3.46. The van der Waals surface area contributed by atoms with E-state index in [1.807, 2.05) is 18.4 Å². The molecule has 0 aliphatic carbocycles. The van der Waals surface area contributed by atoms with Gasteiger partial charge in [-0.25, -0.2) is 0 Å². The van der Waals surface area contributed by atoms with Crippen molar-refractivity contribution in [2.75, 3.05) is 13.6 Å². The Bertz CT molecular complexity index is 372. The lowest BCUT2D eigenvalue weighted by molar-refractivity contribution is 0.729. The summed E-state index contributed by atoms with van der Waals surface area (Å²) in [6, 6.07) is 10.9. The van der Waals surface area contributed by atoms with Crippen LogP contribution in [0.4, 0.5) is 0 Å². The Morgan fingerprint density at radius 1 is 1.29 bits per heavy atom. The summed E-state index contributed by atoms with van der Waals surface area (Å²) in [5, 5.41) is 4.56. The summed E-state index contributed by atoms with van der Waals surface area (Å²) < 4.78 is 1.41. The van der Waals surface area contributed by atoms with Crippen molar-refractivity contribution in [2.24, 2.45) is 0 Å². The van der Waals surface area contributed by atoms with Crippen LogP contribution in [0, 0.1) is 0 Å². The van der Waals surface area contributed by atoms with E-state index in [4.69, 9.17) is 0 Å². The Kier molecular flexibility index (Phi) is 3.17. The van der Waals surface area contributed by atoms with Crippen LogP contribution in [0.15, 0.2) is 30.3 Å². The van der Waals surface area contributed by atoms with E-state index in [0.29, 0.717) is 0 Å². The second kappa shape index (κ2) is 4.58. The molecule has 1 nitrogen and oxygen atoms in total. The van der Waals surface area contributed by atoms with E-state index >= 15 is 0 Å². The number of fused-ring (bicyclic) bond motifs is 1. The predicted molar refractivity (Wildman–Crippen MR) is 64.1 cm³/mol. The highest BCUT2D eigenvalue weighted by Crippen LogP contribution is 2.25. The van der Waals surface area contributed by atoms with Gasteiger partial charge in [0, 0.05) is 9.58 Å². The van der Waals surface area contributed by atoms with E-state index in [2.05, 4.69) is 35.6 Å². The zero-order valence-corrected chi connectivity index (χ0v) is 9.23. The van der Waals surface area contributed by atoms with E-state index < -0.39 is 0 Å². The van der Waals surface area contributed by atoms with Gasteiger partial charge in [-0.15, -0.1) is 11.3 Å². The largest absolute Gasteiger partial charge is 0.320 e. The quantitative estimate of drug-likeness (QED) is 0.756. The van der Waals surface area contributed by atoms with Crippen LogP contribution in [0.2, 0.25) is 0 Å². The van der Waals surface area contributed by atoms with Crippen molar-refractivity contribution in [3.05, 3.63) is 35.2 Å². The van der Waals surface area contributed by atoms with E-state index in [1.54, 1.807) is 0 Å². The molecule has 0 bridgehead atoms. The van der Waals surface area contributed by atoms with Crippen molar-refractivity contribution in [1.29, 1.82) is 0 Å². The first kappa shape index (κ1) is 9.69. The summed E-state index contributed by atoms with van der Waals surface area (Å²) >= 11 is 1.92. The monoisotopic (exact) mass is 205 g/mol. The molecule has 1 heterocycles. The third-order valence-corrected chi connectivity index (χ3v) is 3.50. The van der Waals surface area contributed by atoms with Gasteiger partial charge in [-0.05, 0) is 44.0 Å². The van der Waals surface area contributed by atoms with Crippen LogP contribution in [0.5, 0.6) is 0 Å². The molecule has 0 unspecified atom stereocenters. The highest BCUT2D eigenvalue weighted by molar-refractivity contribution is 7.19. The summed E-state index contributed by atoms with van der Waals surface area (Å²) in [6.07, 6.45) is 2.42. The lowest BCUT2D eigenvalue weighted by atomic mass is 10.2. The molecule has 2 heteroatoms. The first-order chi connectivity index (χ1) is 6.90. The van der Waals surface area contributed by atoms with Crippen molar-refractivity contribution < 1.29 is 0 Å². The maximum Gasteiger partial charge on any atom is 0.0345 e. The SMILES string of the molecule is CNCCCc1cc2ccccc2s1. The zero-order valence-electron chi connectivity index (χ0n) is 8.42. The Labute approximate surface area is 88.8 Å². The van der Waals surface area contributed by atoms with Crippen LogP contribution < -0.4 is 5.32 Å². The number of benzene rings is 1. The molecule has 2 aromatic rings. The first-order valence-electron chi connectivity index (χ1n) is 5.02. The molecule has 0 aliphatic rings. The summed E-state index contributed by atoms with van der Waals surface area (Å²) in [7, 11) is 2.00. The van der Waals surface area contributed by atoms with Crippen LogP contribution >= 0.6 is 11.3 Å². The van der Waals surface area contributed by atoms with Crippen molar-refractivity contribution in [1.82, 2.24) is 5.32 Å². The highest BCUT2D eigenvalue weighted by Gasteiger charge is 1.99. The third kappa shape index (κ3) is 2.14. The molecule has 0 radical (unpaired) electrons. The number of nitrogens with one attached hydrogen (secondary N) is 1. The van der Waals surface area contributed by atoms with Gasteiger partial charge in [-0.3, -0.25) is 0 Å². The molecule has 1 N–H and O–H groups in total. The van der Waals surface area contributed by atoms with Crippen LogP contribution in [0.1, 0.15) is 11.3 Å². The molecule has 0 saturated heterocycles. The van der Waals surface area contributed by atoms with Gasteiger partial charge in [0.05, 0.1) is 0 Å². The summed E-state index contributed by atoms with van der Waals surface area (Å²) in [4.78, 5) is 1.50. The fourth-order valence-corrected chi connectivity index (χ4v) is 2.71. The van der Waals surface area contributed by atoms with Gasteiger partial charge in [0.2, 0.25) is 0 Å². The molecule has 0 fully saturated rings. The number of hydrogen-bond acceptors (Lipinski definition) is 2. The number of hydrogen-bond donors (Lipinski definition) is 1.